The summed E-state index contributed by atoms with van der Waals surface area (Å²) in [6, 6.07) is 4.30. The minimum Gasteiger partial charge on any atom is -0.397 e. The van der Waals surface area contributed by atoms with E-state index in [1.165, 1.54) is 12.1 Å². The average molecular weight is 340 g/mol. The van der Waals surface area contributed by atoms with Crippen molar-refractivity contribution in [3.63, 3.8) is 0 Å². The number of halogens is 2. The number of benzene rings is 1. The number of nitrogens with zero attached hydrogens (tertiary/aromatic N) is 4. The Labute approximate surface area is 140 Å². The number of pyridine rings is 1. The second-order valence-electron chi connectivity index (χ2n) is 5.04. The summed E-state index contributed by atoms with van der Waals surface area (Å²) in [5.74, 6) is -2.27. The number of fused-ring (bicyclic) bond motifs is 1. The fourth-order valence-electron chi connectivity index (χ4n) is 2.54. The monoisotopic (exact) mass is 340 g/mol. The van der Waals surface area contributed by atoms with Crippen LogP contribution in [-0.4, -0.2) is 10.9 Å². The highest BCUT2D eigenvalue weighted by atomic mass is 19.2. The number of aromatic nitrogens is 1. The molecule has 8 nitrogen and oxygen atoms in total. The molecule has 0 amide bonds. The lowest BCUT2D eigenvalue weighted by Gasteiger charge is -2.26. The zero-order chi connectivity index (χ0) is 18.1. The molecule has 3 rings (SSSR count). The van der Waals surface area contributed by atoms with Crippen molar-refractivity contribution in [2.75, 3.05) is 16.8 Å². The largest absolute Gasteiger partial charge is 0.397 e. The predicted octanol–water partition coefficient (Wildman–Crippen LogP) is 1.34. The van der Waals surface area contributed by atoms with Gasteiger partial charge in [-0.25, -0.2) is 18.8 Å². The van der Waals surface area contributed by atoms with Crippen LogP contribution in [0.15, 0.2) is 23.2 Å². The van der Waals surface area contributed by atoms with Crippen LogP contribution in [-0.2, 0) is 0 Å². The normalized spacial score (nSPS) is 15.2. The number of guanidine groups is 1. The Morgan fingerprint density at radius 1 is 1.24 bits per heavy atom. The third-order valence-electron chi connectivity index (χ3n) is 3.63. The first kappa shape index (κ1) is 16.0. The standard InChI is InChI=1S/C15H10F2N8/c16-8-3-1-2-6(10(8)17)12-9-11(20)7(4-18)13(21)24-14(9)25-15(23-12)22-5-19/h1-3,12H,(H6,20,21,22,23,24,25). The molecule has 2 aromatic rings. The van der Waals surface area contributed by atoms with Gasteiger partial charge in [-0.2, -0.15) is 10.5 Å². The minimum atomic E-state index is -1.12. The number of hydrogen-bond donors (Lipinski definition) is 4. The molecule has 0 radical (unpaired) electrons. The van der Waals surface area contributed by atoms with Gasteiger partial charge in [-0.3, -0.25) is 5.32 Å². The minimum absolute atomic E-state index is 0.0420. The summed E-state index contributed by atoms with van der Waals surface area (Å²) in [5.41, 5.74) is 11.6. The molecule has 10 heteroatoms. The van der Waals surface area contributed by atoms with Crippen LogP contribution >= 0.6 is 0 Å². The maximum atomic E-state index is 14.3. The Morgan fingerprint density at radius 3 is 2.68 bits per heavy atom. The number of nitrogens with two attached hydrogens (primary N) is 2. The van der Waals surface area contributed by atoms with E-state index in [-0.39, 0.29) is 40.0 Å². The smallest absolute Gasteiger partial charge is 0.211 e. The summed E-state index contributed by atoms with van der Waals surface area (Å²) in [6.07, 6.45) is 1.66. The molecule has 0 aliphatic carbocycles. The van der Waals surface area contributed by atoms with E-state index in [4.69, 9.17) is 16.7 Å². The van der Waals surface area contributed by atoms with E-state index in [1.807, 2.05) is 6.07 Å². The molecular formula is C15H10F2N8. The van der Waals surface area contributed by atoms with E-state index < -0.39 is 17.7 Å². The third-order valence-corrected chi connectivity index (χ3v) is 3.63. The number of hydrogen-bond acceptors (Lipinski definition) is 8. The van der Waals surface area contributed by atoms with Gasteiger partial charge < -0.3 is 16.8 Å². The SMILES string of the molecule is N#CNC1=NC(c2cccc(F)c2F)c2c(nc(N)c(C#N)c2N)N1. The van der Waals surface area contributed by atoms with Gasteiger partial charge >= 0.3 is 0 Å². The van der Waals surface area contributed by atoms with E-state index in [1.54, 1.807) is 6.19 Å². The number of rotatable bonds is 1. The van der Waals surface area contributed by atoms with Gasteiger partial charge in [0.25, 0.3) is 0 Å². The molecule has 25 heavy (non-hydrogen) atoms. The van der Waals surface area contributed by atoms with Crippen LogP contribution in [0.3, 0.4) is 0 Å². The van der Waals surface area contributed by atoms with E-state index in [0.717, 1.165) is 6.07 Å². The fourth-order valence-corrected chi connectivity index (χ4v) is 2.54. The predicted molar refractivity (Wildman–Crippen MR) is 85.8 cm³/mol. The van der Waals surface area contributed by atoms with Gasteiger partial charge in [0, 0.05) is 11.1 Å². The molecule has 1 aromatic heterocycles. The molecule has 1 atom stereocenters. The van der Waals surface area contributed by atoms with Crippen molar-refractivity contribution < 1.29 is 8.78 Å². The molecule has 0 spiro atoms. The highest BCUT2D eigenvalue weighted by Crippen LogP contribution is 2.41. The Kier molecular flexibility index (Phi) is 3.79. The van der Waals surface area contributed by atoms with Crippen molar-refractivity contribution in [2.24, 2.45) is 4.99 Å². The highest BCUT2D eigenvalue weighted by Gasteiger charge is 2.31. The van der Waals surface area contributed by atoms with E-state index in [2.05, 4.69) is 20.6 Å². The Hall–Kier alpha value is -3.92. The van der Waals surface area contributed by atoms with Gasteiger partial charge in [-0.1, -0.05) is 12.1 Å². The van der Waals surface area contributed by atoms with Crippen LogP contribution in [0.1, 0.15) is 22.7 Å². The topological polar surface area (TPSA) is 149 Å². The first-order valence-electron chi connectivity index (χ1n) is 6.90. The molecule has 1 aliphatic rings. The maximum Gasteiger partial charge on any atom is 0.211 e. The van der Waals surface area contributed by atoms with Crippen molar-refractivity contribution in [1.29, 1.82) is 10.5 Å². The van der Waals surface area contributed by atoms with Crippen LogP contribution in [0.4, 0.5) is 26.1 Å². The number of anilines is 3. The van der Waals surface area contributed by atoms with Gasteiger partial charge in [-0.05, 0) is 6.07 Å². The molecule has 0 fully saturated rings. The molecule has 0 bridgehead atoms. The van der Waals surface area contributed by atoms with Crippen LogP contribution in [0, 0.1) is 34.4 Å². The number of aliphatic imine (C=N–C) groups is 1. The number of nitrogen functional groups attached to an aromatic ring is 2. The molecule has 1 aliphatic heterocycles. The number of nitriles is 2. The second kappa shape index (κ2) is 5.94. The molecule has 2 heterocycles. The van der Waals surface area contributed by atoms with Crippen molar-refractivity contribution in [3.8, 4) is 12.3 Å². The maximum absolute atomic E-state index is 14.3. The zero-order valence-electron chi connectivity index (χ0n) is 12.5. The quantitative estimate of drug-likeness (QED) is 0.452. The first-order chi connectivity index (χ1) is 12.0. The van der Waals surface area contributed by atoms with Crippen molar-refractivity contribution in [2.45, 2.75) is 6.04 Å². The molecular weight excluding hydrogens is 330 g/mol. The molecule has 124 valence electrons. The lowest BCUT2D eigenvalue weighted by atomic mass is 9.94. The van der Waals surface area contributed by atoms with Crippen LogP contribution in [0.5, 0.6) is 0 Å². The van der Waals surface area contributed by atoms with Gasteiger partial charge in [0.05, 0.1) is 5.69 Å². The molecule has 6 N–H and O–H groups in total. The summed E-state index contributed by atoms with van der Waals surface area (Å²) in [7, 11) is 0. The van der Waals surface area contributed by atoms with E-state index in [0.29, 0.717) is 0 Å². The highest BCUT2D eigenvalue weighted by molar-refractivity contribution is 5.98. The summed E-state index contributed by atoms with van der Waals surface area (Å²) < 4.78 is 27.9. The van der Waals surface area contributed by atoms with Crippen molar-refractivity contribution in [3.05, 3.63) is 46.5 Å². The van der Waals surface area contributed by atoms with E-state index >= 15 is 0 Å². The van der Waals surface area contributed by atoms with Crippen LogP contribution in [0.25, 0.3) is 0 Å². The van der Waals surface area contributed by atoms with Gasteiger partial charge in [-0.15, -0.1) is 0 Å². The molecule has 0 saturated heterocycles. The Bertz CT molecular complexity index is 986. The number of nitrogens with one attached hydrogen (secondary N) is 2. The lowest BCUT2D eigenvalue weighted by Crippen LogP contribution is -2.33. The fraction of sp³-hybridized carbons (Fsp3) is 0.0667. The van der Waals surface area contributed by atoms with Crippen molar-refractivity contribution >= 4 is 23.3 Å². The first-order valence-corrected chi connectivity index (χ1v) is 6.90. The van der Waals surface area contributed by atoms with Crippen LogP contribution in [0.2, 0.25) is 0 Å². The van der Waals surface area contributed by atoms with Gasteiger partial charge in [0.1, 0.15) is 29.3 Å². The zero-order valence-corrected chi connectivity index (χ0v) is 12.5. The summed E-state index contributed by atoms with van der Waals surface area (Å²) in [6.45, 7) is 0. The van der Waals surface area contributed by atoms with Crippen LogP contribution < -0.4 is 22.1 Å². The molecule has 0 saturated carbocycles. The van der Waals surface area contributed by atoms with Crippen molar-refractivity contribution in [1.82, 2.24) is 10.3 Å². The molecule has 1 unspecified atom stereocenters. The Balaban J connectivity index is 2.30. The lowest BCUT2D eigenvalue weighted by molar-refractivity contribution is 0.494. The summed E-state index contributed by atoms with van der Waals surface area (Å²) in [4.78, 5) is 8.17. The van der Waals surface area contributed by atoms with E-state index in [9.17, 15) is 14.0 Å². The second-order valence-corrected chi connectivity index (χ2v) is 5.04. The van der Waals surface area contributed by atoms with Gasteiger partial charge in [0.15, 0.2) is 17.8 Å². The summed E-state index contributed by atoms with van der Waals surface area (Å²) in [5, 5.41) is 22.9. The third kappa shape index (κ3) is 2.52. The molecule has 1 aromatic carbocycles. The summed E-state index contributed by atoms with van der Waals surface area (Å²) >= 11 is 0. The Morgan fingerprint density at radius 2 is 2.00 bits per heavy atom. The van der Waals surface area contributed by atoms with Gasteiger partial charge in [0.2, 0.25) is 5.96 Å². The average Bonchev–Trinajstić information content (AvgIpc) is 2.57.